The van der Waals surface area contributed by atoms with Crippen LogP contribution in [0.3, 0.4) is 0 Å². The van der Waals surface area contributed by atoms with E-state index < -0.39 is 0 Å². The highest BCUT2D eigenvalue weighted by Crippen LogP contribution is 2.35. The summed E-state index contributed by atoms with van der Waals surface area (Å²) in [6, 6.07) is 6.45. The maximum Gasteiger partial charge on any atom is 0.127 e. The van der Waals surface area contributed by atoms with Crippen molar-refractivity contribution in [2.24, 2.45) is 5.92 Å². The summed E-state index contributed by atoms with van der Waals surface area (Å²) in [6.45, 7) is 3.21. The normalized spacial score (nSPS) is 22.9. The molecule has 0 aromatic heterocycles. The molecule has 4 heteroatoms. The zero-order valence-electron chi connectivity index (χ0n) is 11.4. The fourth-order valence-electron chi connectivity index (χ4n) is 2.65. The van der Waals surface area contributed by atoms with Gasteiger partial charge in [-0.25, -0.2) is 0 Å². The second kappa shape index (κ2) is 5.80. The molecule has 0 radical (unpaired) electrons. The standard InChI is InChI=1S/C15H21NO3/c1-16-14-10-19-15-8-12(2-3-13(14)15)18-9-11-4-6-17-7-5-11/h2-3,8,11,14,16H,4-7,9-10H2,1H3. The van der Waals surface area contributed by atoms with Gasteiger partial charge in [-0.3, -0.25) is 0 Å². The lowest BCUT2D eigenvalue weighted by Crippen LogP contribution is -2.21. The van der Waals surface area contributed by atoms with E-state index in [0.717, 1.165) is 44.2 Å². The molecule has 0 aliphatic carbocycles. The van der Waals surface area contributed by atoms with E-state index >= 15 is 0 Å². The van der Waals surface area contributed by atoms with E-state index in [0.29, 0.717) is 18.6 Å². The minimum Gasteiger partial charge on any atom is -0.493 e. The number of hydrogen-bond donors (Lipinski definition) is 1. The van der Waals surface area contributed by atoms with Crippen molar-refractivity contribution in [3.8, 4) is 11.5 Å². The fraction of sp³-hybridized carbons (Fsp3) is 0.600. The van der Waals surface area contributed by atoms with Crippen LogP contribution in [-0.4, -0.2) is 33.5 Å². The maximum absolute atomic E-state index is 5.88. The third-order valence-electron chi connectivity index (χ3n) is 3.94. The molecule has 1 fully saturated rings. The highest BCUT2D eigenvalue weighted by Gasteiger charge is 2.23. The summed E-state index contributed by atoms with van der Waals surface area (Å²) in [5.41, 5.74) is 1.22. The van der Waals surface area contributed by atoms with Crippen LogP contribution >= 0.6 is 0 Å². The van der Waals surface area contributed by atoms with Gasteiger partial charge in [0.1, 0.15) is 18.1 Å². The Bertz CT molecular complexity index is 429. The van der Waals surface area contributed by atoms with Gasteiger partial charge in [0.25, 0.3) is 0 Å². The lowest BCUT2D eigenvalue weighted by atomic mass is 10.0. The number of likely N-dealkylation sites (N-methyl/N-ethyl adjacent to an activating group) is 1. The average Bonchev–Trinajstić information content (AvgIpc) is 2.88. The lowest BCUT2D eigenvalue weighted by Gasteiger charge is -2.22. The van der Waals surface area contributed by atoms with E-state index in [1.165, 1.54) is 5.56 Å². The van der Waals surface area contributed by atoms with Gasteiger partial charge in [-0.15, -0.1) is 0 Å². The molecule has 1 saturated heterocycles. The van der Waals surface area contributed by atoms with Crippen molar-refractivity contribution < 1.29 is 14.2 Å². The Labute approximate surface area is 114 Å². The van der Waals surface area contributed by atoms with Gasteiger partial charge in [-0.2, -0.15) is 0 Å². The van der Waals surface area contributed by atoms with Crippen LogP contribution in [-0.2, 0) is 4.74 Å². The summed E-state index contributed by atoms with van der Waals surface area (Å²) >= 11 is 0. The molecule has 19 heavy (non-hydrogen) atoms. The third-order valence-corrected chi connectivity index (χ3v) is 3.94. The van der Waals surface area contributed by atoms with Crippen molar-refractivity contribution in [3.05, 3.63) is 23.8 Å². The van der Waals surface area contributed by atoms with Crippen LogP contribution in [0, 0.1) is 5.92 Å². The van der Waals surface area contributed by atoms with Gasteiger partial charge >= 0.3 is 0 Å². The molecule has 1 unspecified atom stereocenters. The summed E-state index contributed by atoms with van der Waals surface area (Å²) in [5, 5.41) is 3.24. The molecule has 0 bridgehead atoms. The molecule has 1 aromatic carbocycles. The highest BCUT2D eigenvalue weighted by atomic mass is 16.5. The van der Waals surface area contributed by atoms with Crippen LogP contribution in [0.1, 0.15) is 24.4 Å². The first-order valence-corrected chi connectivity index (χ1v) is 7.01. The van der Waals surface area contributed by atoms with Crippen molar-refractivity contribution in [1.82, 2.24) is 5.32 Å². The molecule has 1 atom stereocenters. The maximum atomic E-state index is 5.88. The van der Waals surface area contributed by atoms with E-state index in [-0.39, 0.29) is 0 Å². The molecule has 1 aromatic rings. The highest BCUT2D eigenvalue weighted by molar-refractivity contribution is 5.44. The van der Waals surface area contributed by atoms with Gasteiger partial charge in [0.15, 0.2) is 0 Å². The van der Waals surface area contributed by atoms with Crippen LogP contribution in [0.5, 0.6) is 11.5 Å². The largest absolute Gasteiger partial charge is 0.493 e. The molecule has 0 saturated carbocycles. The SMILES string of the molecule is CNC1COc2cc(OCC3CCOCC3)ccc21. The molecule has 0 spiro atoms. The molecule has 3 rings (SSSR count). The van der Waals surface area contributed by atoms with Crippen molar-refractivity contribution in [3.63, 3.8) is 0 Å². The molecule has 0 amide bonds. The van der Waals surface area contributed by atoms with Gasteiger partial charge in [0, 0.05) is 24.8 Å². The molecular formula is C15H21NO3. The number of ether oxygens (including phenoxy) is 3. The smallest absolute Gasteiger partial charge is 0.127 e. The molecule has 2 aliphatic rings. The van der Waals surface area contributed by atoms with Crippen LogP contribution in [0.15, 0.2) is 18.2 Å². The minimum atomic E-state index is 0.305. The van der Waals surface area contributed by atoms with Crippen molar-refractivity contribution in [1.29, 1.82) is 0 Å². The topological polar surface area (TPSA) is 39.7 Å². The lowest BCUT2D eigenvalue weighted by molar-refractivity contribution is 0.0497. The summed E-state index contributed by atoms with van der Waals surface area (Å²) in [7, 11) is 1.96. The Balaban J connectivity index is 1.60. The first-order valence-electron chi connectivity index (χ1n) is 7.01. The van der Waals surface area contributed by atoms with E-state index in [9.17, 15) is 0 Å². The average molecular weight is 263 g/mol. The van der Waals surface area contributed by atoms with E-state index in [4.69, 9.17) is 14.2 Å². The first-order chi connectivity index (χ1) is 9.36. The Morgan fingerprint density at radius 2 is 2.16 bits per heavy atom. The summed E-state index contributed by atoms with van der Waals surface area (Å²) in [5.74, 6) is 2.47. The number of fused-ring (bicyclic) bond motifs is 1. The Kier molecular flexibility index (Phi) is 3.89. The predicted molar refractivity (Wildman–Crippen MR) is 72.8 cm³/mol. The monoisotopic (exact) mass is 263 g/mol. The quantitative estimate of drug-likeness (QED) is 0.903. The summed E-state index contributed by atoms with van der Waals surface area (Å²) < 4.78 is 16.9. The fourth-order valence-corrected chi connectivity index (χ4v) is 2.65. The van der Waals surface area contributed by atoms with Gasteiger partial charge in [-0.05, 0) is 37.9 Å². The van der Waals surface area contributed by atoms with Crippen LogP contribution in [0.25, 0.3) is 0 Å². The molecule has 104 valence electrons. The van der Waals surface area contributed by atoms with Crippen LogP contribution < -0.4 is 14.8 Å². The zero-order valence-corrected chi connectivity index (χ0v) is 11.4. The predicted octanol–water partition coefficient (Wildman–Crippen LogP) is 2.14. The van der Waals surface area contributed by atoms with Gasteiger partial charge in [-0.1, -0.05) is 0 Å². The molecule has 1 N–H and O–H groups in total. The van der Waals surface area contributed by atoms with Gasteiger partial charge in [0.05, 0.1) is 12.6 Å². The Morgan fingerprint density at radius 1 is 1.32 bits per heavy atom. The number of hydrogen-bond acceptors (Lipinski definition) is 4. The van der Waals surface area contributed by atoms with Crippen LogP contribution in [0.2, 0.25) is 0 Å². The van der Waals surface area contributed by atoms with Crippen LogP contribution in [0.4, 0.5) is 0 Å². The second-order valence-corrected chi connectivity index (χ2v) is 5.22. The second-order valence-electron chi connectivity index (χ2n) is 5.22. The van der Waals surface area contributed by atoms with Gasteiger partial charge in [0.2, 0.25) is 0 Å². The molecule has 4 nitrogen and oxygen atoms in total. The van der Waals surface area contributed by atoms with E-state index in [1.54, 1.807) is 0 Å². The number of rotatable bonds is 4. The molecule has 2 heterocycles. The number of nitrogens with one attached hydrogen (secondary N) is 1. The third kappa shape index (κ3) is 2.85. The Morgan fingerprint density at radius 3 is 2.95 bits per heavy atom. The Hall–Kier alpha value is -1.26. The van der Waals surface area contributed by atoms with E-state index in [1.807, 2.05) is 19.2 Å². The van der Waals surface area contributed by atoms with Crippen molar-refractivity contribution >= 4 is 0 Å². The van der Waals surface area contributed by atoms with E-state index in [2.05, 4.69) is 11.4 Å². The summed E-state index contributed by atoms with van der Waals surface area (Å²) in [4.78, 5) is 0. The number of benzene rings is 1. The zero-order chi connectivity index (χ0) is 13.1. The van der Waals surface area contributed by atoms with Crippen molar-refractivity contribution in [2.75, 3.05) is 33.5 Å². The van der Waals surface area contributed by atoms with Gasteiger partial charge < -0.3 is 19.5 Å². The minimum absolute atomic E-state index is 0.305. The van der Waals surface area contributed by atoms with Crippen molar-refractivity contribution in [2.45, 2.75) is 18.9 Å². The molecule has 2 aliphatic heterocycles. The summed E-state index contributed by atoms with van der Waals surface area (Å²) in [6.07, 6.45) is 2.20. The first kappa shape index (κ1) is 12.8. The molecular weight excluding hydrogens is 242 g/mol.